The van der Waals surface area contributed by atoms with Crippen molar-refractivity contribution in [1.82, 2.24) is 0 Å². The maximum atomic E-state index is 9.36. The fourth-order valence-electron chi connectivity index (χ4n) is 0.825. The van der Waals surface area contributed by atoms with E-state index >= 15 is 0 Å². The smallest absolute Gasteiger partial charge is 0.0667 e. The molecule has 0 heterocycles. The van der Waals surface area contributed by atoms with Crippen LogP contribution in [0.4, 0.5) is 0 Å². The Balaban J connectivity index is 3.22. The van der Waals surface area contributed by atoms with Crippen LogP contribution in [0.25, 0.3) is 0 Å². The highest BCUT2D eigenvalue weighted by Gasteiger charge is 2.02. The van der Waals surface area contributed by atoms with Crippen molar-refractivity contribution < 1.29 is 5.11 Å². The third-order valence-corrected chi connectivity index (χ3v) is 2.56. The van der Waals surface area contributed by atoms with Gasteiger partial charge in [0.15, 0.2) is 0 Å². The van der Waals surface area contributed by atoms with Crippen LogP contribution in [0.1, 0.15) is 26.7 Å². The van der Waals surface area contributed by atoms with Gasteiger partial charge in [-0.1, -0.05) is 12.5 Å². The molecular weight excluding hydrogens is 156 g/mol. The molecule has 0 rings (SSSR count). The maximum absolute atomic E-state index is 9.36. The van der Waals surface area contributed by atoms with E-state index in [1.54, 1.807) is 0 Å². The molecule has 0 spiro atoms. The molecule has 0 radical (unpaired) electrons. The fourth-order valence-corrected chi connectivity index (χ4v) is 1.67. The molecule has 0 amide bonds. The number of hydrogen-bond acceptors (Lipinski definition) is 2. The highest BCUT2D eigenvalue weighted by molar-refractivity contribution is 7.99. The summed E-state index contributed by atoms with van der Waals surface area (Å²) in [4.78, 5) is 0. The zero-order valence-corrected chi connectivity index (χ0v) is 8.28. The van der Waals surface area contributed by atoms with Crippen molar-refractivity contribution in [3.8, 4) is 0 Å². The molecule has 1 nitrogen and oxygen atoms in total. The highest BCUT2D eigenvalue weighted by atomic mass is 32.2. The average molecular weight is 174 g/mol. The molecule has 0 aliphatic heterocycles. The Morgan fingerprint density at radius 2 is 2.27 bits per heavy atom. The first kappa shape index (κ1) is 11.1. The molecule has 1 unspecified atom stereocenters. The first-order chi connectivity index (χ1) is 5.16. The second-order valence-electron chi connectivity index (χ2n) is 2.89. The van der Waals surface area contributed by atoms with Gasteiger partial charge in [0.1, 0.15) is 0 Å². The van der Waals surface area contributed by atoms with Gasteiger partial charge in [0.2, 0.25) is 0 Å². The van der Waals surface area contributed by atoms with Crippen molar-refractivity contribution >= 4 is 11.8 Å². The summed E-state index contributed by atoms with van der Waals surface area (Å²) in [5.74, 6) is 1.99. The average Bonchev–Trinajstić information content (AvgIpc) is 1.86. The van der Waals surface area contributed by atoms with Gasteiger partial charge in [-0.15, -0.1) is 6.58 Å². The van der Waals surface area contributed by atoms with E-state index in [0.717, 1.165) is 23.5 Å². The first-order valence-electron chi connectivity index (χ1n) is 4.07. The Labute approximate surface area is 73.9 Å². The van der Waals surface area contributed by atoms with Crippen LogP contribution in [-0.4, -0.2) is 22.7 Å². The van der Waals surface area contributed by atoms with E-state index in [1.807, 2.05) is 18.7 Å². The summed E-state index contributed by atoms with van der Waals surface area (Å²) < 4.78 is 0. The number of aliphatic hydroxyl groups excluding tert-OH is 1. The molecule has 1 atom stereocenters. The number of aliphatic hydroxyl groups is 1. The topological polar surface area (TPSA) is 20.2 Å². The zero-order valence-electron chi connectivity index (χ0n) is 7.47. The SMILES string of the molecule is C=C(C)CC(O)CSCCC. The highest BCUT2D eigenvalue weighted by Crippen LogP contribution is 2.09. The van der Waals surface area contributed by atoms with E-state index in [9.17, 15) is 5.11 Å². The van der Waals surface area contributed by atoms with Gasteiger partial charge >= 0.3 is 0 Å². The van der Waals surface area contributed by atoms with Crippen molar-refractivity contribution in [2.24, 2.45) is 0 Å². The van der Waals surface area contributed by atoms with Crippen LogP contribution in [0.5, 0.6) is 0 Å². The molecule has 0 aliphatic carbocycles. The fraction of sp³-hybridized carbons (Fsp3) is 0.778. The number of hydrogen-bond donors (Lipinski definition) is 1. The molecule has 0 bridgehead atoms. The summed E-state index contributed by atoms with van der Waals surface area (Å²) in [5, 5.41) is 9.36. The molecule has 0 aromatic heterocycles. The summed E-state index contributed by atoms with van der Waals surface area (Å²) in [7, 11) is 0. The minimum atomic E-state index is -0.191. The van der Waals surface area contributed by atoms with Crippen molar-refractivity contribution in [3.05, 3.63) is 12.2 Å². The van der Waals surface area contributed by atoms with Crippen LogP contribution < -0.4 is 0 Å². The molecule has 0 fully saturated rings. The minimum Gasteiger partial charge on any atom is -0.392 e. The molecule has 0 saturated heterocycles. The van der Waals surface area contributed by atoms with Gasteiger partial charge in [-0.3, -0.25) is 0 Å². The largest absolute Gasteiger partial charge is 0.392 e. The normalized spacial score (nSPS) is 13.0. The summed E-state index contributed by atoms with van der Waals surface area (Å²) in [6.07, 6.45) is 1.74. The maximum Gasteiger partial charge on any atom is 0.0667 e. The van der Waals surface area contributed by atoms with E-state index in [0.29, 0.717) is 0 Å². The van der Waals surface area contributed by atoms with Crippen LogP contribution in [0.3, 0.4) is 0 Å². The summed E-state index contributed by atoms with van der Waals surface area (Å²) in [5.41, 5.74) is 1.06. The van der Waals surface area contributed by atoms with Crippen LogP contribution >= 0.6 is 11.8 Å². The van der Waals surface area contributed by atoms with E-state index < -0.39 is 0 Å². The van der Waals surface area contributed by atoms with Gasteiger partial charge in [0, 0.05) is 5.75 Å². The van der Waals surface area contributed by atoms with Crippen LogP contribution in [0.15, 0.2) is 12.2 Å². The van der Waals surface area contributed by atoms with E-state index in [2.05, 4.69) is 13.5 Å². The standard InChI is InChI=1S/C9H18OS/c1-4-5-11-7-9(10)6-8(2)3/h9-10H,2,4-7H2,1,3H3. The quantitative estimate of drug-likeness (QED) is 0.493. The van der Waals surface area contributed by atoms with E-state index in [-0.39, 0.29) is 6.10 Å². The van der Waals surface area contributed by atoms with Crippen LogP contribution in [-0.2, 0) is 0 Å². The third kappa shape index (κ3) is 7.95. The molecule has 2 heteroatoms. The lowest BCUT2D eigenvalue weighted by Gasteiger charge is -2.08. The lowest BCUT2D eigenvalue weighted by molar-refractivity contribution is 0.200. The van der Waals surface area contributed by atoms with Gasteiger partial charge in [0.25, 0.3) is 0 Å². The number of thioether (sulfide) groups is 1. The second kappa shape index (κ2) is 6.74. The van der Waals surface area contributed by atoms with Gasteiger partial charge in [0.05, 0.1) is 6.10 Å². The second-order valence-corrected chi connectivity index (χ2v) is 4.04. The Morgan fingerprint density at radius 1 is 1.64 bits per heavy atom. The van der Waals surface area contributed by atoms with E-state index in [1.165, 1.54) is 6.42 Å². The predicted molar refractivity (Wildman–Crippen MR) is 53.1 cm³/mol. The third-order valence-electron chi connectivity index (χ3n) is 1.24. The molecule has 66 valence electrons. The molecule has 0 aromatic rings. The lowest BCUT2D eigenvalue weighted by Crippen LogP contribution is -2.10. The molecule has 1 N–H and O–H groups in total. The lowest BCUT2D eigenvalue weighted by atomic mass is 10.2. The minimum absolute atomic E-state index is 0.191. The molecule has 0 saturated carbocycles. The molecule has 11 heavy (non-hydrogen) atoms. The Kier molecular flexibility index (Phi) is 6.77. The van der Waals surface area contributed by atoms with Gasteiger partial charge in [-0.2, -0.15) is 11.8 Å². The van der Waals surface area contributed by atoms with E-state index in [4.69, 9.17) is 0 Å². The van der Waals surface area contributed by atoms with Gasteiger partial charge in [-0.25, -0.2) is 0 Å². The summed E-state index contributed by atoms with van der Waals surface area (Å²) in [6.45, 7) is 7.86. The van der Waals surface area contributed by atoms with Crippen molar-refractivity contribution in [2.75, 3.05) is 11.5 Å². The zero-order chi connectivity index (χ0) is 8.69. The monoisotopic (exact) mass is 174 g/mol. The summed E-state index contributed by atoms with van der Waals surface area (Å²) in [6, 6.07) is 0. The molecule has 0 aliphatic rings. The van der Waals surface area contributed by atoms with Crippen molar-refractivity contribution in [2.45, 2.75) is 32.8 Å². The number of rotatable bonds is 6. The van der Waals surface area contributed by atoms with Crippen molar-refractivity contribution in [1.29, 1.82) is 0 Å². The van der Waals surface area contributed by atoms with Crippen LogP contribution in [0.2, 0.25) is 0 Å². The Hall–Kier alpha value is 0.0500. The summed E-state index contributed by atoms with van der Waals surface area (Å²) >= 11 is 1.81. The molecule has 0 aromatic carbocycles. The predicted octanol–water partition coefficient (Wildman–Crippen LogP) is 2.46. The van der Waals surface area contributed by atoms with Gasteiger partial charge in [-0.05, 0) is 25.5 Å². The Morgan fingerprint density at radius 3 is 2.73 bits per heavy atom. The first-order valence-corrected chi connectivity index (χ1v) is 5.22. The molecular formula is C9H18OS. The Bertz CT molecular complexity index is 112. The van der Waals surface area contributed by atoms with Crippen molar-refractivity contribution in [3.63, 3.8) is 0 Å². The van der Waals surface area contributed by atoms with Gasteiger partial charge < -0.3 is 5.11 Å². The van der Waals surface area contributed by atoms with Crippen LogP contribution in [0, 0.1) is 0 Å².